The second-order valence-electron chi connectivity index (χ2n) is 5.55. The first-order valence-electron chi connectivity index (χ1n) is 7.90. The van der Waals surface area contributed by atoms with Gasteiger partial charge in [0.25, 0.3) is 0 Å². The molecule has 0 radical (unpaired) electrons. The molecule has 0 bridgehead atoms. The van der Waals surface area contributed by atoms with Crippen LogP contribution in [0.4, 0.5) is 0 Å². The minimum absolute atomic E-state index is 0.376. The van der Waals surface area contributed by atoms with E-state index < -0.39 is 0 Å². The minimum Gasteiger partial charge on any atom is -0.382 e. The quantitative estimate of drug-likeness (QED) is 0.482. The van der Waals surface area contributed by atoms with Gasteiger partial charge in [0, 0.05) is 29.0 Å². The van der Waals surface area contributed by atoms with E-state index in [1.165, 1.54) is 0 Å². The molecule has 0 heterocycles. The third-order valence-electron chi connectivity index (χ3n) is 3.31. The summed E-state index contributed by atoms with van der Waals surface area (Å²) in [6.07, 6.45) is 0.539. The lowest BCUT2D eigenvalue weighted by atomic mass is 10.2. The number of rotatable bonds is 6. The first-order valence-corrected chi connectivity index (χ1v) is 7.90. The molecule has 0 aliphatic carbocycles. The molecule has 25 heavy (non-hydrogen) atoms. The first-order chi connectivity index (χ1) is 12.1. The molecule has 0 aliphatic rings. The SMILES string of the molecule is CC(CC(C)=N/N=C(\N)c1ccccc1)=N/N=C(\N)c1ccccc1. The fourth-order valence-electron chi connectivity index (χ4n) is 2.05. The highest BCUT2D eigenvalue weighted by atomic mass is 15.2. The molecule has 0 aromatic heterocycles. The van der Waals surface area contributed by atoms with Crippen LogP contribution in [-0.2, 0) is 0 Å². The van der Waals surface area contributed by atoms with E-state index in [-0.39, 0.29) is 0 Å². The van der Waals surface area contributed by atoms with Crippen molar-refractivity contribution in [2.45, 2.75) is 20.3 Å². The summed E-state index contributed by atoms with van der Waals surface area (Å²) in [5.41, 5.74) is 15.1. The van der Waals surface area contributed by atoms with Crippen molar-refractivity contribution in [2.24, 2.45) is 31.9 Å². The summed E-state index contributed by atoms with van der Waals surface area (Å²) >= 11 is 0. The molecule has 2 aromatic carbocycles. The first kappa shape index (κ1) is 18.1. The summed E-state index contributed by atoms with van der Waals surface area (Å²) in [5, 5.41) is 16.4. The predicted molar refractivity (Wildman–Crippen MR) is 105 cm³/mol. The van der Waals surface area contributed by atoms with Crippen LogP contribution in [0, 0.1) is 0 Å². The smallest absolute Gasteiger partial charge is 0.153 e. The fraction of sp³-hybridized carbons (Fsp3) is 0.158. The molecular weight excluding hydrogens is 312 g/mol. The van der Waals surface area contributed by atoms with Crippen molar-refractivity contribution < 1.29 is 0 Å². The van der Waals surface area contributed by atoms with E-state index in [2.05, 4.69) is 20.4 Å². The topological polar surface area (TPSA) is 101 Å². The van der Waals surface area contributed by atoms with Gasteiger partial charge in [-0.1, -0.05) is 60.7 Å². The molecule has 0 saturated heterocycles. The van der Waals surface area contributed by atoms with Gasteiger partial charge in [0.2, 0.25) is 0 Å². The second-order valence-corrected chi connectivity index (χ2v) is 5.55. The summed E-state index contributed by atoms with van der Waals surface area (Å²) < 4.78 is 0. The summed E-state index contributed by atoms with van der Waals surface area (Å²) in [5.74, 6) is 0.752. The van der Waals surface area contributed by atoms with Gasteiger partial charge < -0.3 is 11.5 Å². The van der Waals surface area contributed by atoms with Gasteiger partial charge in [-0.3, -0.25) is 0 Å². The zero-order valence-electron chi connectivity index (χ0n) is 14.4. The van der Waals surface area contributed by atoms with E-state index in [1.54, 1.807) is 0 Å². The van der Waals surface area contributed by atoms with Crippen molar-refractivity contribution >= 4 is 23.1 Å². The molecule has 0 saturated carbocycles. The summed E-state index contributed by atoms with van der Waals surface area (Å²) in [7, 11) is 0. The molecule has 6 heteroatoms. The number of nitrogens with two attached hydrogens (primary N) is 2. The van der Waals surface area contributed by atoms with E-state index in [9.17, 15) is 0 Å². The molecule has 0 atom stereocenters. The standard InChI is InChI=1S/C19H22N6/c1-14(22-24-18(20)16-9-5-3-6-10-16)13-15(2)23-25-19(21)17-11-7-4-8-12-17/h3-12H,13H2,1-2H3,(H2,20,24)(H2,21,25). The van der Waals surface area contributed by atoms with Gasteiger partial charge in [-0.2, -0.15) is 10.2 Å². The highest BCUT2D eigenvalue weighted by molar-refractivity contribution is 6.04. The zero-order valence-corrected chi connectivity index (χ0v) is 14.4. The van der Waals surface area contributed by atoms with Gasteiger partial charge in [-0.15, -0.1) is 10.2 Å². The van der Waals surface area contributed by atoms with Crippen LogP contribution >= 0.6 is 0 Å². The maximum absolute atomic E-state index is 5.91. The maximum atomic E-state index is 5.91. The molecule has 128 valence electrons. The molecule has 0 aliphatic heterocycles. The summed E-state index contributed by atoms with van der Waals surface area (Å²) in [6.45, 7) is 3.73. The average molecular weight is 334 g/mol. The molecule has 0 fully saturated rings. The summed E-state index contributed by atoms with van der Waals surface area (Å²) in [6, 6.07) is 19.0. The Balaban J connectivity index is 2.00. The number of hydrogen-bond donors (Lipinski definition) is 2. The highest BCUT2D eigenvalue weighted by Crippen LogP contribution is 2.01. The Morgan fingerprint density at radius 1 is 0.640 bits per heavy atom. The Morgan fingerprint density at radius 2 is 1.00 bits per heavy atom. The lowest BCUT2D eigenvalue weighted by Gasteiger charge is -2.00. The van der Waals surface area contributed by atoms with Gasteiger partial charge in [0.1, 0.15) is 0 Å². The molecule has 2 aromatic rings. The molecule has 2 rings (SSSR count). The van der Waals surface area contributed by atoms with E-state index in [4.69, 9.17) is 11.5 Å². The van der Waals surface area contributed by atoms with Gasteiger partial charge in [-0.05, 0) is 13.8 Å². The van der Waals surface area contributed by atoms with E-state index >= 15 is 0 Å². The molecule has 4 N–H and O–H groups in total. The van der Waals surface area contributed by atoms with E-state index in [0.29, 0.717) is 18.1 Å². The Bertz CT molecular complexity index is 735. The van der Waals surface area contributed by atoms with Crippen LogP contribution in [0.5, 0.6) is 0 Å². The predicted octanol–water partition coefficient (Wildman–Crippen LogP) is 2.94. The number of benzene rings is 2. The fourth-order valence-corrected chi connectivity index (χ4v) is 2.05. The van der Waals surface area contributed by atoms with Crippen molar-refractivity contribution in [3.63, 3.8) is 0 Å². The highest BCUT2D eigenvalue weighted by Gasteiger charge is 1.99. The monoisotopic (exact) mass is 334 g/mol. The van der Waals surface area contributed by atoms with Crippen LogP contribution in [0.1, 0.15) is 31.4 Å². The van der Waals surface area contributed by atoms with Crippen LogP contribution in [0.15, 0.2) is 81.1 Å². The number of hydrogen-bond acceptors (Lipinski definition) is 4. The zero-order chi connectivity index (χ0) is 18.1. The molecule has 0 spiro atoms. The molecule has 0 amide bonds. The number of amidine groups is 2. The normalized spacial score (nSPS) is 13.8. The Hall–Kier alpha value is -3.28. The molecule has 6 nitrogen and oxygen atoms in total. The Kier molecular flexibility index (Phi) is 6.59. The lowest BCUT2D eigenvalue weighted by Crippen LogP contribution is -2.13. The van der Waals surface area contributed by atoms with Gasteiger partial charge in [0.05, 0.1) is 0 Å². The average Bonchev–Trinajstić information content (AvgIpc) is 2.65. The third kappa shape index (κ3) is 6.02. The molecular formula is C19H22N6. The van der Waals surface area contributed by atoms with Crippen molar-refractivity contribution in [3.05, 3.63) is 71.8 Å². The van der Waals surface area contributed by atoms with Gasteiger partial charge in [0.15, 0.2) is 11.7 Å². The van der Waals surface area contributed by atoms with Crippen LogP contribution < -0.4 is 11.5 Å². The third-order valence-corrected chi connectivity index (χ3v) is 3.31. The largest absolute Gasteiger partial charge is 0.382 e. The van der Waals surface area contributed by atoms with E-state index in [0.717, 1.165) is 22.6 Å². The molecule has 0 unspecified atom stereocenters. The van der Waals surface area contributed by atoms with Crippen LogP contribution in [0.25, 0.3) is 0 Å². The Labute approximate surface area is 147 Å². The lowest BCUT2D eigenvalue weighted by molar-refractivity contribution is 1.16. The maximum Gasteiger partial charge on any atom is 0.153 e. The Morgan fingerprint density at radius 3 is 1.36 bits per heavy atom. The van der Waals surface area contributed by atoms with Crippen LogP contribution in [0.2, 0.25) is 0 Å². The van der Waals surface area contributed by atoms with E-state index in [1.807, 2.05) is 74.5 Å². The van der Waals surface area contributed by atoms with Gasteiger partial charge in [-0.25, -0.2) is 0 Å². The van der Waals surface area contributed by atoms with Crippen LogP contribution in [0.3, 0.4) is 0 Å². The second kappa shape index (κ2) is 9.12. The van der Waals surface area contributed by atoms with Crippen LogP contribution in [-0.4, -0.2) is 23.1 Å². The number of nitrogens with zero attached hydrogens (tertiary/aromatic N) is 4. The van der Waals surface area contributed by atoms with Crippen molar-refractivity contribution in [1.29, 1.82) is 0 Å². The van der Waals surface area contributed by atoms with Crippen molar-refractivity contribution in [1.82, 2.24) is 0 Å². The van der Waals surface area contributed by atoms with Crippen molar-refractivity contribution in [3.8, 4) is 0 Å². The summed E-state index contributed by atoms with van der Waals surface area (Å²) in [4.78, 5) is 0. The minimum atomic E-state index is 0.376. The van der Waals surface area contributed by atoms with Gasteiger partial charge >= 0.3 is 0 Å². The van der Waals surface area contributed by atoms with Crippen molar-refractivity contribution in [2.75, 3.05) is 0 Å².